The van der Waals surface area contributed by atoms with Gasteiger partial charge in [-0.15, -0.1) is 0 Å². The number of rotatable bonds is 5. The molecule has 6 nitrogen and oxygen atoms in total. The van der Waals surface area contributed by atoms with E-state index >= 15 is 0 Å². The van der Waals surface area contributed by atoms with E-state index in [0.29, 0.717) is 31.6 Å². The SMILES string of the molecule is CCn1cc(C(=O)OCCC2CCOC2=O)cn1. The summed E-state index contributed by atoms with van der Waals surface area (Å²) in [5.74, 6) is -0.720. The molecule has 0 N–H and O–H groups in total. The molecule has 18 heavy (non-hydrogen) atoms. The molecule has 6 heteroatoms. The van der Waals surface area contributed by atoms with Gasteiger partial charge >= 0.3 is 11.9 Å². The van der Waals surface area contributed by atoms with Gasteiger partial charge in [0.2, 0.25) is 0 Å². The van der Waals surface area contributed by atoms with Crippen molar-refractivity contribution in [1.29, 1.82) is 0 Å². The van der Waals surface area contributed by atoms with E-state index in [-0.39, 0.29) is 18.5 Å². The molecule has 2 rings (SSSR count). The lowest BCUT2D eigenvalue weighted by Crippen LogP contribution is -2.13. The first-order valence-corrected chi connectivity index (χ1v) is 6.07. The van der Waals surface area contributed by atoms with Crippen LogP contribution in [0.1, 0.15) is 30.1 Å². The lowest BCUT2D eigenvalue weighted by molar-refractivity contribution is -0.141. The molecule has 0 saturated carbocycles. The summed E-state index contributed by atoms with van der Waals surface area (Å²) in [6, 6.07) is 0. The molecular formula is C12H16N2O4. The highest BCUT2D eigenvalue weighted by atomic mass is 16.5. The Balaban J connectivity index is 1.76. The summed E-state index contributed by atoms with van der Waals surface area (Å²) in [7, 11) is 0. The van der Waals surface area contributed by atoms with Crippen molar-refractivity contribution in [3.8, 4) is 0 Å². The molecule has 0 aromatic carbocycles. The average molecular weight is 252 g/mol. The maximum atomic E-state index is 11.6. The van der Waals surface area contributed by atoms with Crippen LogP contribution in [-0.2, 0) is 20.8 Å². The Morgan fingerprint density at radius 1 is 1.67 bits per heavy atom. The molecular weight excluding hydrogens is 236 g/mol. The van der Waals surface area contributed by atoms with Crippen molar-refractivity contribution in [3.05, 3.63) is 18.0 Å². The largest absolute Gasteiger partial charge is 0.465 e. The molecule has 0 spiro atoms. The quantitative estimate of drug-likeness (QED) is 0.731. The first-order chi connectivity index (χ1) is 8.70. The summed E-state index contributed by atoms with van der Waals surface area (Å²) in [5.41, 5.74) is 0.436. The molecule has 2 heterocycles. The second-order valence-corrected chi connectivity index (χ2v) is 4.16. The highest BCUT2D eigenvalue weighted by molar-refractivity contribution is 5.88. The molecule has 0 amide bonds. The number of hydrogen-bond donors (Lipinski definition) is 0. The number of ether oxygens (including phenoxy) is 2. The number of cyclic esters (lactones) is 1. The molecule has 98 valence electrons. The van der Waals surface area contributed by atoms with Gasteiger partial charge in [0.25, 0.3) is 0 Å². The second-order valence-electron chi connectivity index (χ2n) is 4.16. The first-order valence-electron chi connectivity index (χ1n) is 6.07. The van der Waals surface area contributed by atoms with Gasteiger partial charge in [0.15, 0.2) is 0 Å². The molecule has 0 aliphatic carbocycles. The molecule has 1 aromatic rings. The molecule has 1 atom stereocenters. The van der Waals surface area contributed by atoms with E-state index in [2.05, 4.69) is 5.10 Å². The van der Waals surface area contributed by atoms with Crippen LogP contribution in [-0.4, -0.2) is 34.9 Å². The standard InChI is InChI=1S/C12H16N2O4/c1-2-14-8-10(7-13-14)12(16)18-6-4-9-3-5-17-11(9)15/h7-9H,2-6H2,1H3. The van der Waals surface area contributed by atoms with Crippen molar-refractivity contribution in [2.75, 3.05) is 13.2 Å². The van der Waals surface area contributed by atoms with Crippen LogP contribution < -0.4 is 0 Å². The maximum absolute atomic E-state index is 11.6. The van der Waals surface area contributed by atoms with Crippen LogP contribution >= 0.6 is 0 Å². The third kappa shape index (κ3) is 2.88. The fourth-order valence-electron chi connectivity index (χ4n) is 1.82. The Morgan fingerprint density at radius 2 is 2.50 bits per heavy atom. The number of nitrogens with zero attached hydrogens (tertiary/aromatic N) is 2. The Hall–Kier alpha value is -1.85. The van der Waals surface area contributed by atoms with Gasteiger partial charge in [-0.1, -0.05) is 0 Å². The highest BCUT2D eigenvalue weighted by Gasteiger charge is 2.26. The zero-order valence-corrected chi connectivity index (χ0v) is 10.3. The summed E-state index contributed by atoms with van der Waals surface area (Å²) in [6.45, 7) is 3.35. The first kappa shape index (κ1) is 12.6. The monoisotopic (exact) mass is 252 g/mol. The van der Waals surface area contributed by atoms with Crippen LogP contribution in [0.2, 0.25) is 0 Å². The molecule has 0 bridgehead atoms. The zero-order chi connectivity index (χ0) is 13.0. The fourth-order valence-corrected chi connectivity index (χ4v) is 1.82. The van der Waals surface area contributed by atoms with E-state index < -0.39 is 5.97 Å². The van der Waals surface area contributed by atoms with Gasteiger partial charge in [-0.2, -0.15) is 5.10 Å². The van der Waals surface area contributed by atoms with E-state index in [4.69, 9.17) is 9.47 Å². The van der Waals surface area contributed by atoms with E-state index in [0.717, 1.165) is 0 Å². The zero-order valence-electron chi connectivity index (χ0n) is 10.3. The van der Waals surface area contributed by atoms with Crippen LogP contribution in [0, 0.1) is 5.92 Å². The maximum Gasteiger partial charge on any atom is 0.341 e. The normalized spacial score (nSPS) is 18.7. The molecule has 1 aliphatic rings. The van der Waals surface area contributed by atoms with E-state index in [1.165, 1.54) is 6.20 Å². The van der Waals surface area contributed by atoms with Crippen LogP contribution in [0.5, 0.6) is 0 Å². The van der Waals surface area contributed by atoms with Gasteiger partial charge in [0, 0.05) is 12.7 Å². The average Bonchev–Trinajstić information content (AvgIpc) is 2.98. The second kappa shape index (κ2) is 5.66. The lowest BCUT2D eigenvalue weighted by Gasteiger charge is -2.05. The summed E-state index contributed by atoms with van der Waals surface area (Å²) >= 11 is 0. The smallest absolute Gasteiger partial charge is 0.341 e. The fraction of sp³-hybridized carbons (Fsp3) is 0.583. The van der Waals surface area contributed by atoms with Gasteiger partial charge in [-0.3, -0.25) is 9.48 Å². The van der Waals surface area contributed by atoms with Gasteiger partial charge in [-0.05, 0) is 19.8 Å². The van der Waals surface area contributed by atoms with Gasteiger partial charge in [-0.25, -0.2) is 4.79 Å². The van der Waals surface area contributed by atoms with Gasteiger partial charge < -0.3 is 9.47 Å². The summed E-state index contributed by atoms with van der Waals surface area (Å²) < 4.78 is 11.6. The number of carbonyl (C=O) groups is 2. The van der Waals surface area contributed by atoms with Crippen molar-refractivity contribution in [1.82, 2.24) is 9.78 Å². The Morgan fingerprint density at radius 3 is 3.11 bits per heavy atom. The minimum Gasteiger partial charge on any atom is -0.465 e. The molecule has 1 fully saturated rings. The van der Waals surface area contributed by atoms with E-state index in [9.17, 15) is 9.59 Å². The van der Waals surface area contributed by atoms with E-state index in [1.807, 2.05) is 6.92 Å². The van der Waals surface area contributed by atoms with Crippen LogP contribution in [0.3, 0.4) is 0 Å². The van der Waals surface area contributed by atoms with Crippen molar-refractivity contribution >= 4 is 11.9 Å². The number of carbonyl (C=O) groups excluding carboxylic acids is 2. The van der Waals surface area contributed by atoms with Gasteiger partial charge in [0.05, 0.1) is 30.9 Å². The van der Waals surface area contributed by atoms with Crippen LogP contribution in [0.25, 0.3) is 0 Å². The Kier molecular flexibility index (Phi) is 3.96. The summed E-state index contributed by atoms with van der Waals surface area (Å²) in [6.07, 6.45) is 4.36. The van der Waals surface area contributed by atoms with Crippen LogP contribution in [0.4, 0.5) is 0 Å². The predicted molar refractivity (Wildman–Crippen MR) is 61.9 cm³/mol. The topological polar surface area (TPSA) is 70.4 Å². The third-order valence-electron chi connectivity index (χ3n) is 2.94. The Labute approximate surface area is 105 Å². The number of aromatic nitrogens is 2. The number of esters is 2. The summed E-state index contributed by atoms with van der Waals surface area (Å²) in [5, 5.41) is 4.00. The van der Waals surface area contributed by atoms with Crippen molar-refractivity contribution in [3.63, 3.8) is 0 Å². The highest BCUT2D eigenvalue weighted by Crippen LogP contribution is 2.18. The van der Waals surface area contributed by atoms with Gasteiger partial charge in [0.1, 0.15) is 0 Å². The molecule has 1 saturated heterocycles. The van der Waals surface area contributed by atoms with Crippen molar-refractivity contribution < 1.29 is 19.1 Å². The van der Waals surface area contributed by atoms with Crippen molar-refractivity contribution in [2.24, 2.45) is 5.92 Å². The minimum absolute atomic E-state index is 0.129. The number of hydrogen-bond acceptors (Lipinski definition) is 5. The lowest BCUT2D eigenvalue weighted by atomic mass is 10.1. The molecule has 1 unspecified atom stereocenters. The summed E-state index contributed by atoms with van der Waals surface area (Å²) in [4.78, 5) is 22.8. The third-order valence-corrected chi connectivity index (χ3v) is 2.94. The molecule has 1 aliphatic heterocycles. The van der Waals surface area contributed by atoms with Crippen molar-refractivity contribution in [2.45, 2.75) is 26.3 Å². The predicted octanol–water partition coefficient (Wildman–Crippen LogP) is 1.01. The Bertz CT molecular complexity index is 441. The van der Waals surface area contributed by atoms with E-state index in [1.54, 1.807) is 10.9 Å². The molecule has 0 radical (unpaired) electrons. The number of aryl methyl sites for hydroxylation is 1. The van der Waals surface area contributed by atoms with Crippen LogP contribution in [0.15, 0.2) is 12.4 Å². The minimum atomic E-state index is -0.402. The molecule has 1 aromatic heterocycles.